The summed E-state index contributed by atoms with van der Waals surface area (Å²) in [6.45, 7) is 4.55. The van der Waals surface area contributed by atoms with Crippen molar-refractivity contribution < 1.29 is 9.53 Å². The van der Waals surface area contributed by atoms with Crippen LogP contribution in [0.15, 0.2) is 30.3 Å². The highest BCUT2D eigenvalue weighted by Gasteiger charge is 2.22. The molecule has 1 unspecified atom stereocenters. The monoisotopic (exact) mass is 354 g/mol. The number of hydrogen-bond acceptors (Lipinski definition) is 2. The first-order valence-corrected chi connectivity index (χ1v) is 10.7. The van der Waals surface area contributed by atoms with Crippen LogP contribution in [0, 0.1) is 11.8 Å². The van der Waals surface area contributed by atoms with Gasteiger partial charge in [0.25, 0.3) is 0 Å². The van der Waals surface area contributed by atoms with E-state index in [1.165, 1.54) is 62.5 Å². The van der Waals surface area contributed by atoms with Crippen LogP contribution in [-0.4, -0.2) is 12.1 Å². The molecule has 0 amide bonds. The fourth-order valence-electron chi connectivity index (χ4n) is 4.29. The Morgan fingerprint density at radius 1 is 1.08 bits per heavy atom. The Kier molecular flexibility index (Phi) is 6.93. The van der Waals surface area contributed by atoms with Crippen LogP contribution >= 0.6 is 0 Å². The Bertz CT molecular complexity index is 606. The third-order valence-corrected chi connectivity index (χ3v) is 6.21. The Morgan fingerprint density at radius 3 is 2.42 bits per heavy atom. The molecule has 2 heteroatoms. The van der Waals surface area contributed by atoms with Gasteiger partial charge in [0.05, 0.1) is 5.56 Å². The van der Waals surface area contributed by atoms with E-state index < -0.39 is 0 Å². The summed E-state index contributed by atoms with van der Waals surface area (Å²) in [5.74, 6) is 1.48. The summed E-state index contributed by atoms with van der Waals surface area (Å²) in [5.41, 5.74) is 3.39. The van der Waals surface area contributed by atoms with Gasteiger partial charge < -0.3 is 4.74 Å². The highest BCUT2D eigenvalue weighted by atomic mass is 16.5. The molecule has 26 heavy (non-hydrogen) atoms. The molecule has 0 aromatic heterocycles. The predicted octanol–water partition coefficient (Wildman–Crippen LogP) is 6.80. The molecule has 0 heterocycles. The Balaban J connectivity index is 1.53. The number of carbonyl (C=O) groups is 1. The van der Waals surface area contributed by atoms with Crippen molar-refractivity contribution in [3.63, 3.8) is 0 Å². The minimum Gasteiger partial charge on any atom is -0.459 e. The lowest BCUT2D eigenvalue weighted by Gasteiger charge is -2.26. The molecule has 3 rings (SSSR count). The topological polar surface area (TPSA) is 26.3 Å². The van der Waals surface area contributed by atoms with Gasteiger partial charge in [-0.05, 0) is 80.1 Å². The van der Waals surface area contributed by atoms with Crippen molar-refractivity contribution in [1.82, 2.24) is 0 Å². The molecule has 1 atom stereocenters. The van der Waals surface area contributed by atoms with Crippen molar-refractivity contribution in [1.29, 1.82) is 0 Å². The first-order valence-electron chi connectivity index (χ1n) is 10.7. The Morgan fingerprint density at radius 2 is 1.81 bits per heavy atom. The van der Waals surface area contributed by atoms with E-state index in [-0.39, 0.29) is 12.1 Å². The van der Waals surface area contributed by atoms with Gasteiger partial charge in [0.1, 0.15) is 6.10 Å². The van der Waals surface area contributed by atoms with Crippen LogP contribution < -0.4 is 0 Å². The van der Waals surface area contributed by atoms with Crippen LogP contribution in [0.2, 0.25) is 0 Å². The maximum Gasteiger partial charge on any atom is 0.338 e. The van der Waals surface area contributed by atoms with Crippen LogP contribution in [-0.2, 0) is 4.74 Å². The normalized spacial score (nSPS) is 26.2. The molecule has 0 aliphatic heterocycles. The quantitative estimate of drug-likeness (QED) is 0.525. The minimum atomic E-state index is -0.159. The summed E-state index contributed by atoms with van der Waals surface area (Å²) >= 11 is 0. The average Bonchev–Trinajstić information content (AvgIpc) is 2.68. The smallest absolute Gasteiger partial charge is 0.338 e. The van der Waals surface area contributed by atoms with Gasteiger partial charge in [-0.3, -0.25) is 0 Å². The molecule has 1 aromatic carbocycles. The molecular formula is C24H34O2. The summed E-state index contributed by atoms with van der Waals surface area (Å²) in [6, 6.07) is 8.07. The second-order valence-corrected chi connectivity index (χ2v) is 8.38. The first kappa shape index (κ1) is 19.2. The second kappa shape index (κ2) is 9.39. The standard InChI is InChI=1S/C24H34O2/c1-3-4-5-19-8-10-20(11-9-19)21-12-14-22(15-13-21)24(25)26-23-16-6-18(2)7-17-23/h10,12-15,18-19,23H,3-9,11,16-17H2,1-2H3. The van der Waals surface area contributed by atoms with E-state index in [1.807, 2.05) is 12.1 Å². The molecule has 1 saturated carbocycles. The van der Waals surface area contributed by atoms with E-state index in [0.29, 0.717) is 5.56 Å². The molecule has 1 aromatic rings. The number of unbranched alkanes of at least 4 members (excludes halogenated alkanes) is 1. The molecule has 142 valence electrons. The molecule has 0 saturated heterocycles. The van der Waals surface area contributed by atoms with E-state index in [1.54, 1.807) is 0 Å². The Hall–Kier alpha value is -1.57. The van der Waals surface area contributed by atoms with Gasteiger partial charge in [-0.2, -0.15) is 0 Å². The van der Waals surface area contributed by atoms with Gasteiger partial charge in [-0.25, -0.2) is 4.79 Å². The number of rotatable bonds is 6. The van der Waals surface area contributed by atoms with E-state index in [0.717, 1.165) is 24.7 Å². The van der Waals surface area contributed by atoms with Crippen molar-refractivity contribution in [3.8, 4) is 0 Å². The van der Waals surface area contributed by atoms with Crippen molar-refractivity contribution in [3.05, 3.63) is 41.5 Å². The number of hydrogen-bond donors (Lipinski definition) is 0. The van der Waals surface area contributed by atoms with E-state index in [4.69, 9.17) is 4.74 Å². The van der Waals surface area contributed by atoms with Crippen molar-refractivity contribution in [2.24, 2.45) is 11.8 Å². The number of allylic oxidation sites excluding steroid dienone is 2. The summed E-state index contributed by atoms with van der Waals surface area (Å²) < 4.78 is 5.71. The zero-order valence-corrected chi connectivity index (χ0v) is 16.5. The number of ether oxygens (including phenoxy) is 1. The molecule has 1 fully saturated rings. The van der Waals surface area contributed by atoms with Gasteiger partial charge in [0, 0.05) is 0 Å². The molecule has 2 aliphatic carbocycles. The summed E-state index contributed by atoms with van der Waals surface area (Å²) in [7, 11) is 0. The van der Waals surface area contributed by atoms with Crippen LogP contribution in [0.4, 0.5) is 0 Å². The van der Waals surface area contributed by atoms with E-state index in [2.05, 4.69) is 32.1 Å². The zero-order chi connectivity index (χ0) is 18.4. The third-order valence-electron chi connectivity index (χ3n) is 6.21. The number of carbonyl (C=O) groups excluding carboxylic acids is 1. The van der Waals surface area contributed by atoms with Gasteiger partial charge in [-0.15, -0.1) is 0 Å². The number of esters is 1. The molecule has 0 spiro atoms. The van der Waals surface area contributed by atoms with Gasteiger partial charge in [0.15, 0.2) is 0 Å². The van der Waals surface area contributed by atoms with Gasteiger partial charge in [-0.1, -0.05) is 51.3 Å². The lowest BCUT2D eigenvalue weighted by atomic mass is 9.84. The lowest BCUT2D eigenvalue weighted by Crippen LogP contribution is -2.23. The fourth-order valence-corrected chi connectivity index (χ4v) is 4.29. The van der Waals surface area contributed by atoms with E-state index in [9.17, 15) is 4.79 Å². The molecular weight excluding hydrogens is 320 g/mol. The molecule has 0 N–H and O–H groups in total. The first-order chi connectivity index (χ1) is 12.7. The lowest BCUT2D eigenvalue weighted by molar-refractivity contribution is 0.0174. The van der Waals surface area contributed by atoms with Crippen molar-refractivity contribution in [2.75, 3.05) is 0 Å². The van der Waals surface area contributed by atoms with Crippen LogP contribution in [0.25, 0.3) is 5.57 Å². The van der Waals surface area contributed by atoms with Crippen molar-refractivity contribution >= 4 is 11.5 Å². The SMILES string of the molecule is CCCCC1CC=C(c2ccc(C(=O)OC3CCC(C)CC3)cc2)CC1. The second-order valence-electron chi connectivity index (χ2n) is 8.38. The maximum atomic E-state index is 12.4. The molecule has 0 radical (unpaired) electrons. The summed E-state index contributed by atoms with van der Waals surface area (Å²) in [6.07, 6.45) is 14.6. The zero-order valence-electron chi connectivity index (χ0n) is 16.5. The highest BCUT2D eigenvalue weighted by Crippen LogP contribution is 2.33. The van der Waals surface area contributed by atoms with Gasteiger partial charge in [0.2, 0.25) is 0 Å². The Labute approximate surface area is 159 Å². The van der Waals surface area contributed by atoms with E-state index >= 15 is 0 Å². The van der Waals surface area contributed by atoms with Crippen LogP contribution in [0.3, 0.4) is 0 Å². The predicted molar refractivity (Wildman–Crippen MR) is 108 cm³/mol. The summed E-state index contributed by atoms with van der Waals surface area (Å²) in [4.78, 5) is 12.4. The highest BCUT2D eigenvalue weighted by molar-refractivity contribution is 5.90. The maximum absolute atomic E-state index is 12.4. The number of benzene rings is 1. The van der Waals surface area contributed by atoms with Gasteiger partial charge >= 0.3 is 5.97 Å². The van der Waals surface area contributed by atoms with Crippen molar-refractivity contribution in [2.45, 2.75) is 84.2 Å². The summed E-state index contributed by atoms with van der Waals surface area (Å²) in [5, 5.41) is 0. The molecule has 2 nitrogen and oxygen atoms in total. The fraction of sp³-hybridized carbons (Fsp3) is 0.625. The third kappa shape index (κ3) is 5.22. The van der Waals surface area contributed by atoms with Crippen LogP contribution in [0.5, 0.6) is 0 Å². The average molecular weight is 355 g/mol. The molecule has 2 aliphatic rings. The molecule has 0 bridgehead atoms. The minimum absolute atomic E-state index is 0.111. The van der Waals surface area contributed by atoms with Crippen LogP contribution in [0.1, 0.15) is 94.0 Å². The largest absolute Gasteiger partial charge is 0.459 e.